The lowest BCUT2D eigenvalue weighted by atomic mass is 9.69. The molecule has 0 bridgehead atoms. The molecule has 0 aromatic carbocycles. The minimum absolute atomic E-state index is 0.112. The summed E-state index contributed by atoms with van der Waals surface area (Å²) in [6, 6.07) is 3.98. The average molecular weight is 378 g/mol. The van der Waals surface area contributed by atoms with Crippen LogP contribution < -0.4 is 0 Å². The summed E-state index contributed by atoms with van der Waals surface area (Å²) < 4.78 is 27.4. The van der Waals surface area contributed by atoms with Gasteiger partial charge in [0.15, 0.2) is 0 Å². The number of nitrogens with zero attached hydrogens (tertiary/aromatic N) is 3. The first-order chi connectivity index (χ1) is 12.4. The van der Waals surface area contributed by atoms with Crippen molar-refractivity contribution in [3.63, 3.8) is 0 Å². The monoisotopic (exact) mass is 377 g/mol. The van der Waals surface area contributed by atoms with E-state index in [2.05, 4.69) is 4.98 Å². The van der Waals surface area contributed by atoms with E-state index in [0.717, 1.165) is 37.8 Å². The van der Waals surface area contributed by atoms with Crippen LogP contribution in [0.4, 0.5) is 0 Å². The highest BCUT2D eigenvalue weighted by Crippen LogP contribution is 2.51. The van der Waals surface area contributed by atoms with E-state index in [4.69, 9.17) is 0 Å². The summed E-state index contributed by atoms with van der Waals surface area (Å²) in [5.41, 5.74) is 0.313. The Balaban J connectivity index is 1.75. The van der Waals surface area contributed by atoms with E-state index in [0.29, 0.717) is 13.1 Å². The van der Waals surface area contributed by atoms with Crippen molar-refractivity contribution in [2.75, 3.05) is 19.6 Å². The van der Waals surface area contributed by atoms with Crippen LogP contribution in [0, 0.1) is 5.41 Å². The van der Waals surface area contributed by atoms with Crippen LogP contribution in [0.2, 0.25) is 0 Å². The Morgan fingerprint density at radius 3 is 2.69 bits per heavy atom. The number of amides is 1. The van der Waals surface area contributed by atoms with E-state index < -0.39 is 15.4 Å². The lowest BCUT2D eigenvalue weighted by Crippen LogP contribution is -2.54. The molecule has 1 amide bonds. The first-order valence-corrected chi connectivity index (χ1v) is 11.1. The van der Waals surface area contributed by atoms with Crippen LogP contribution in [0.1, 0.15) is 51.0 Å². The van der Waals surface area contributed by atoms with Crippen LogP contribution in [0.5, 0.6) is 0 Å². The number of hydrogen-bond donors (Lipinski definition) is 0. The van der Waals surface area contributed by atoms with Crippen molar-refractivity contribution in [3.8, 4) is 0 Å². The fourth-order valence-corrected chi connectivity index (χ4v) is 6.59. The largest absolute Gasteiger partial charge is 0.340 e. The SMILES string of the molecule is CC(C)N1CCCC2(CN(S(=O)(=O)C3CC3)CC2c2cccnc2)C1=O. The van der Waals surface area contributed by atoms with E-state index in [-0.39, 0.29) is 23.1 Å². The Morgan fingerprint density at radius 1 is 1.31 bits per heavy atom. The highest BCUT2D eigenvalue weighted by atomic mass is 32.2. The van der Waals surface area contributed by atoms with Gasteiger partial charge in [-0.15, -0.1) is 0 Å². The van der Waals surface area contributed by atoms with Crippen molar-refractivity contribution in [2.45, 2.75) is 56.7 Å². The van der Waals surface area contributed by atoms with Crippen molar-refractivity contribution in [1.82, 2.24) is 14.2 Å². The Hall–Kier alpha value is -1.47. The molecule has 4 rings (SSSR count). The van der Waals surface area contributed by atoms with E-state index in [9.17, 15) is 13.2 Å². The molecule has 2 saturated heterocycles. The van der Waals surface area contributed by atoms with Crippen LogP contribution in [0.3, 0.4) is 0 Å². The lowest BCUT2D eigenvalue weighted by molar-refractivity contribution is -0.148. The zero-order valence-electron chi connectivity index (χ0n) is 15.5. The van der Waals surface area contributed by atoms with Crippen molar-refractivity contribution in [1.29, 1.82) is 0 Å². The van der Waals surface area contributed by atoms with Gasteiger partial charge in [-0.25, -0.2) is 8.42 Å². The molecule has 3 heterocycles. The number of likely N-dealkylation sites (tertiary alicyclic amines) is 1. The molecule has 2 unspecified atom stereocenters. The van der Waals surface area contributed by atoms with Crippen molar-refractivity contribution in [2.24, 2.45) is 5.41 Å². The summed E-state index contributed by atoms with van der Waals surface area (Å²) in [5, 5.41) is -0.243. The molecule has 2 aliphatic heterocycles. The Bertz CT molecular complexity index is 792. The average Bonchev–Trinajstić information content (AvgIpc) is 3.41. The quantitative estimate of drug-likeness (QED) is 0.805. The molecule has 2 atom stereocenters. The number of aromatic nitrogens is 1. The fraction of sp³-hybridized carbons (Fsp3) is 0.684. The van der Waals surface area contributed by atoms with E-state index in [1.165, 1.54) is 0 Å². The van der Waals surface area contributed by atoms with Crippen molar-refractivity contribution >= 4 is 15.9 Å². The number of hydrogen-bond acceptors (Lipinski definition) is 4. The second kappa shape index (κ2) is 6.30. The first kappa shape index (κ1) is 17.9. The third kappa shape index (κ3) is 2.76. The highest BCUT2D eigenvalue weighted by Gasteiger charge is 2.59. The molecular weight excluding hydrogens is 350 g/mol. The molecule has 7 heteroatoms. The molecule has 3 fully saturated rings. The standard InChI is InChI=1S/C19H27N3O3S/c1-14(2)22-10-4-8-19(18(22)23)13-21(26(24,25)16-6-7-16)12-17(19)15-5-3-9-20-11-15/h3,5,9,11,14,16-17H,4,6-8,10,12-13H2,1-2H3. The van der Waals surface area contributed by atoms with Gasteiger partial charge in [0, 0.05) is 44.0 Å². The van der Waals surface area contributed by atoms with Gasteiger partial charge in [0.2, 0.25) is 15.9 Å². The van der Waals surface area contributed by atoms with Gasteiger partial charge in [0.05, 0.1) is 10.7 Å². The number of carbonyl (C=O) groups excluding carboxylic acids is 1. The third-order valence-corrected chi connectivity index (χ3v) is 8.55. The predicted molar refractivity (Wildman–Crippen MR) is 99.0 cm³/mol. The molecule has 1 aliphatic carbocycles. The van der Waals surface area contributed by atoms with Crippen LogP contribution in [-0.4, -0.2) is 59.4 Å². The Morgan fingerprint density at radius 2 is 2.08 bits per heavy atom. The molecule has 3 aliphatic rings. The van der Waals surface area contributed by atoms with Crippen molar-refractivity contribution in [3.05, 3.63) is 30.1 Å². The summed E-state index contributed by atoms with van der Waals surface area (Å²) in [5.74, 6) is -0.0140. The van der Waals surface area contributed by atoms with Gasteiger partial charge in [-0.3, -0.25) is 9.78 Å². The van der Waals surface area contributed by atoms with Crippen molar-refractivity contribution < 1.29 is 13.2 Å². The van der Waals surface area contributed by atoms with Gasteiger partial charge in [0.25, 0.3) is 0 Å². The second-order valence-electron chi connectivity index (χ2n) is 8.23. The minimum Gasteiger partial charge on any atom is -0.340 e. The Labute approximate surface area is 155 Å². The van der Waals surface area contributed by atoms with Gasteiger partial charge < -0.3 is 4.90 Å². The Kier molecular flexibility index (Phi) is 4.34. The molecule has 26 heavy (non-hydrogen) atoms. The molecule has 1 aromatic rings. The molecule has 142 valence electrons. The second-order valence-corrected chi connectivity index (χ2v) is 10.4. The first-order valence-electron chi connectivity index (χ1n) is 9.56. The van der Waals surface area contributed by atoms with Gasteiger partial charge in [-0.2, -0.15) is 4.31 Å². The number of rotatable bonds is 4. The maximum atomic E-state index is 13.5. The van der Waals surface area contributed by atoms with Crippen LogP contribution in [0.15, 0.2) is 24.5 Å². The maximum Gasteiger partial charge on any atom is 0.231 e. The molecule has 1 spiro atoms. The highest BCUT2D eigenvalue weighted by molar-refractivity contribution is 7.90. The topological polar surface area (TPSA) is 70.6 Å². The minimum atomic E-state index is -3.30. The van der Waals surface area contributed by atoms with E-state index in [1.54, 1.807) is 16.7 Å². The summed E-state index contributed by atoms with van der Waals surface area (Å²) in [7, 11) is -3.30. The molecule has 0 radical (unpaired) electrons. The summed E-state index contributed by atoms with van der Waals surface area (Å²) in [6.07, 6.45) is 6.66. The lowest BCUT2D eigenvalue weighted by Gasteiger charge is -2.44. The fourth-order valence-electron chi connectivity index (χ4n) is 4.67. The normalized spacial score (nSPS) is 30.5. The smallest absolute Gasteiger partial charge is 0.231 e. The number of sulfonamides is 1. The van der Waals surface area contributed by atoms with Gasteiger partial charge in [0.1, 0.15) is 0 Å². The van der Waals surface area contributed by atoms with Crippen LogP contribution >= 0.6 is 0 Å². The molecule has 1 saturated carbocycles. The molecular formula is C19H27N3O3S. The maximum absolute atomic E-state index is 13.5. The summed E-state index contributed by atoms with van der Waals surface area (Å²) >= 11 is 0. The molecule has 1 aromatic heterocycles. The molecule has 6 nitrogen and oxygen atoms in total. The zero-order chi connectivity index (χ0) is 18.5. The number of pyridine rings is 1. The van der Waals surface area contributed by atoms with Gasteiger partial charge >= 0.3 is 0 Å². The number of carbonyl (C=O) groups is 1. The third-order valence-electron chi connectivity index (χ3n) is 6.24. The summed E-state index contributed by atoms with van der Waals surface area (Å²) in [4.78, 5) is 19.7. The number of piperidine rings is 1. The van der Waals surface area contributed by atoms with Gasteiger partial charge in [-0.1, -0.05) is 6.07 Å². The van der Waals surface area contributed by atoms with Gasteiger partial charge in [-0.05, 0) is 51.2 Å². The van der Waals surface area contributed by atoms with Crippen LogP contribution in [0.25, 0.3) is 0 Å². The van der Waals surface area contributed by atoms with Crippen LogP contribution in [-0.2, 0) is 14.8 Å². The van der Waals surface area contributed by atoms with E-state index >= 15 is 0 Å². The summed E-state index contributed by atoms with van der Waals surface area (Å²) in [6.45, 7) is 5.52. The molecule has 0 N–H and O–H groups in total. The van der Waals surface area contributed by atoms with E-state index in [1.807, 2.05) is 30.9 Å². The predicted octanol–water partition coefficient (Wildman–Crippen LogP) is 1.99. The zero-order valence-corrected chi connectivity index (χ0v) is 16.3.